The Bertz CT molecular complexity index is 1050. The second-order valence-electron chi connectivity index (χ2n) is 6.24. The van der Waals surface area contributed by atoms with E-state index >= 15 is 0 Å². The highest BCUT2D eigenvalue weighted by atomic mass is 35.5. The van der Waals surface area contributed by atoms with Crippen LogP contribution in [0.2, 0.25) is 5.02 Å². The van der Waals surface area contributed by atoms with Crippen molar-refractivity contribution in [2.75, 3.05) is 26.4 Å². The van der Waals surface area contributed by atoms with Crippen molar-refractivity contribution in [3.05, 3.63) is 53.8 Å². The topological polar surface area (TPSA) is 55.2 Å². The number of thiophene rings is 1. The molecule has 0 N–H and O–H groups in total. The lowest BCUT2D eigenvalue weighted by atomic mass is 10.1. The summed E-state index contributed by atoms with van der Waals surface area (Å²) < 4.78 is 26.8. The van der Waals surface area contributed by atoms with Crippen LogP contribution in [0, 0.1) is 0 Å². The zero-order valence-corrected chi connectivity index (χ0v) is 17.0. The zero-order chi connectivity index (χ0) is 18.9. The Kier molecular flexibility index (Phi) is 5.53. The first-order valence-corrected chi connectivity index (χ1v) is 10.9. The molecule has 0 fully saturated rings. The first kappa shape index (κ1) is 19.1. The van der Waals surface area contributed by atoms with Gasteiger partial charge >= 0.3 is 0 Å². The van der Waals surface area contributed by atoms with Gasteiger partial charge in [-0.2, -0.15) is 0 Å². The fourth-order valence-corrected chi connectivity index (χ4v) is 5.65. The summed E-state index contributed by atoms with van der Waals surface area (Å²) in [5.41, 5.74) is 1.93. The molecule has 3 aromatic rings. The van der Waals surface area contributed by atoms with Gasteiger partial charge in [0.25, 0.3) is 0 Å². The fourth-order valence-electron chi connectivity index (χ4n) is 2.72. The van der Waals surface area contributed by atoms with Crippen LogP contribution in [0.15, 0.2) is 47.5 Å². The number of sulfone groups is 1. The molecule has 26 heavy (non-hydrogen) atoms. The molecule has 0 unspecified atom stereocenters. The van der Waals surface area contributed by atoms with Crippen molar-refractivity contribution in [1.29, 1.82) is 0 Å². The van der Waals surface area contributed by atoms with E-state index in [1.165, 1.54) is 12.1 Å². The summed E-state index contributed by atoms with van der Waals surface area (Å²) in [7, 11) is 0.652. The number of aromatic nitrogens is 2. The van der Waals surface area contributed by atoms with Gasteiger partial charge in [0.2, 0.25) is 0 Å². The number of likely N-dealkylation sites (N-methyl/N-ethyl adjacent to an activating group) is 1. The maximum atomic E-state index is 12.3. The standard InChI is InChI=1S/C18H20ClN3O2S2/c1-4-10-26(23,24)16-11-15(19)18(25-16)22-12-13(7-9-21(2)3)14-6-5-8-20-17(14)22/h4-6,8,11-12H,1,7,9-10H2,2-3H3. The van der Waals surface area contributed by atoms with Gasteiger partial charge in [-0.15, -0.1) is 17.9 Å². The summed E-state index contributed by atoms with van der Waals surface area (Å²) in [4.78, 5) is 6.61. The van der Waals surface area contributed by atoms with Crippen molar-refractivity contribution in [3.8, 4) is 5.00 Å². The molecular formula is C18H20ClN3O2S2. The molecule has 3 aromatic heterocycles. The Balaban J connectivity index is 2.11. The predicted molar refractivity (Wildman–Crippen MR) is 108 cm³/mol. The third-order valence-electron chi connectivity index (χ3n) is 3.98. The predicted octanol–water partition coefficient (Wildman–Crippen LogP) is 3.80. The van der Waals surface area contributed by atoms with Gasteiger partial charge in [-0.05, 0) is 44.3 Å². The second kappa shape index (κ2) is 7.52. The lowest BCUT2D eigenvalue weighted by Crippen LogP contribution is -2.14. The lowest BCUT2D eigenvalue weighted by Gasteiger charge is -2.07. The Labute approximate surface area is 162 Å². The third-order valence-corrected chi connectivity index (χ3v) is 7.73. The zero-order valence-electron chi connectivity index (χ0n) is 14.6. The van der Waals surface area contributed by atoms with Gasteiger partial charge in [-0.3, -0.25) is 4.57 Å². The molecule has 0 aliphatic heterocycles. The van der Waals surface area contributed by atoms with Gasteiger partial charge in [-0.25, -0.2) is 13.4 Å². The van der Waals surface area contributed by atoms with E-state index in [2.05, 4.69) is 16.5 Å². The van der Waals surface area contributed by atoms with Crippen molar-refractivity contribution < 1.29 is 8.42 Å². The number of hydrogen-bond acceptors (Lipinski definition) is 5. The van der Waals surface area contributed by atoms with Crippen molar-refractivity contribution in [2.45, 2.75) is 10.6 Å². The van der Waals surface area contributed by atoms with Crippen LogP contribution >= 0.6 is 22.9 Å². The van der Waals surface area contributed by atoms with Crippen LogP contribution < -0.4 is 0 Å². The third kappa shape index (κ3) is 3.71. The van der Waals surface area contributed by atoms with Crippen molar-refractivity contribution in [1.82, 2.24) is 14.5 Å². The van der Waals surface area contributed by atoms with Gasteiger partial charge in [-0.1, -0.05) is 17.7 Å². The minimum atomic E-state index is -3.41. The Hall–Kier alpha value is -1.67. The highest BCUT2D eigenvalue weighted by Crippen LogP contribution is 2.36. The van der Waals surface area contributed by atoms with Gasteiger partial charge < -0.3 is 4.90 Å². The Morgan fingerprint density at radius 1 is 1.42 bits per heavy atom. The number of rotatable bonds is 7. The van der Waals surface area contributed by atoms with Gasteiger partial charge in [0.05, 0.1) is 10.8 Å². The highest BCUT2D eigenvalue weighted by molar-refractivity contribution is 7.93. The normalized spacial score (nSPS) is 12.2. The van der Waals surface area contributed by atoms with E-state index in [4.69, 9.17) is 11.6 Å². The molecule has 138 valence electrons. The minimum absolute atomic E-state index is 0.109. The van der Waals surface area contributed by atoms with Crippen LogP contribution in [0.25, 0.3) is 16.0 Å². The molecule has 3 heterocycles. The van der Waals surface area contributed by atoms with E-state index in [1.54, 1.807) is 6.20 Å². The van der Waals surface area contributed by atoms with Crippen LogP contribution in [0.1, 0.15) is 5.56 Å². The summed E-state index contributed by atoms with van der Waals surface area (Å²) in [6.07, 6.45) is 5.98. The molecule has 0 aliphatic rings. The summed E-state index contributed by atoms with van der Waals surface area (Å²) in [6.45, 7) is 4.42. The molecule has 0 aromatic carbocycles. The molecule has 0 amide bonds. The van der Waals surface area contributed by atoms with E-state index in [0.717, 1.165) is 40.9 Å². The minimum Gasteiger partial charge on any atom is -0.309 e. The van der Waals surface area contributed by atoms with Crippen molar-refractivity contribution >= 4 is 43.8 Å². The average molecular weight is 410 g/mol. The summed E-state index contributed by atoms with van der Waals surface area (Å²) >= 11 is 7.54. The number of fused-ring (bicyclic) bond motifs is 1. The Morgan fingerprint density at radius 2 is 2.19 bits per heavy atom. The largest absolute Gasteiger partial charge is 0.309 e. The van der Waals surface area contributed by atoms with Crippen LogP contribution in [-0.2, 0) is 16.3 Å². The first-order valence-electron chi connectivity index (χ1n) is 8.06. The molecule has 0 saturated heterocycles. The van der Waals surface area contributed by atoms with Gasteiger partial charge in [0.1, 0.15) is 14.9 Å². The van der Waals surface area contributed by atoms with E-state index in [0.29, 0.717) is 10.0 Å². The van der Waals surface area contributed by atoms with E-state index in [1.807, 2.05) is 37.0 Å². The van der Waals surface area contributed by atoms with E-state index < -0.39 is 9.84 Å². The van der Waals surface area contributed by atoms with Crippen LogP contribution in [0.5, 0.6) is 0 Å². The second-order valence-corrected chi connectivity index (χ2v) is 9.94. The lowest BCUT2D eigenvalue weighted by molar-refractivity contribution is 0.414. The van der Waals surface area contributed by atoms with Crippen LogP contribution in [-0.4, -0.2) is 49.3 Å². The quantitative estimate of drug-likeness (QED) is 0.557. The molecule has 0 atom stereocenters. The van der Waals surface area contributed by atoms with Gasteiger partial charge in [0, 0.05) is 24.3 Å². The summed E-state index contributed by atoms with van der Waals surface area (Å²) in [5.74, 6) is -0.109. The smallest absolute Gasteiger partial charge is 0.191 e. The van der Waals surface area contributed by atoms with E-state index in [-0.39, 0.29) is 9.96 Å². The van der Waals surface area contributed by atoms with Crippen LogP contribution in [0.4, 0.5) is 0 Å². The SMILES string of the molecule is C=CCS(=O)(=O)c1cc(Cl)c(-n2cc(CCN(C)C)c3cccnc32)s1. The van der Waals surface area contributed by atoms with Crippen molar-refractivity contribution in [2.24, 2.45) is 0 Å². The summed E-state index contributed by atoms with van der Waals surface area (Å²) in [5, 5.41) is 2.11. The first-order chi connectivity index (χ1) is 12.3. The van der Waals surface area contributed by atoms with E-state index in [9.17, 15) is 8.42 Å². The molecule has 8 heteroatoms. The molecular weight excluding hydrogens is 390 g/mol. The Morgan fingerprint density at radius 3 is 2.88 bits per heavy atom. The number of hydrogen-bond donors (Lipinski definition) is 0. The molecule has 0 radical (unpaired) electrons. The molecule has 5 nitrogen and oxygen atoms in total. The summed E-state index contributed by atoms with van der Waals surface area (Å²) in [6, 6.07) is 5.44. The number of pyridine rings is 1. The molecule has 0 bridgehead atoms. The maximum absolute atomic E-state index is 12.3. The average Bonchev–Trinajstić information content (AvgIpc) is 3.14. The molecule has 0 saturated carbocycles. The maximum Gasteiger partial charge on any atom is 0.191 e. The highest BCUT2D eigenvalue weighted by Gasteiger charge is 2.21. The fraction of sp³-hybridized carbons (Fsp3) is 0.278. The number of nitrogens with zero attached hydrogens (tertiary/aromatic N) is 3. The van der Waals surface area contributed by atoms with Crippen LogP contribution in [0.3, 0.4) is 0 Å². The molecule has 0 aliphatic carbocycles. The van der Waals surface area contributed by atoms with Crippen molar-refractivity contribution in [3.63, 3.8) is 0 Å². The van der Waals surface area contributed by atoms with Gasteiger partial charge in [0.15, 0.2) is 9.84 Å². The molecule has 0 spiro atoms. The number of halogens is 1. The molecule has 3 rings (SSSR count). The monoisotopic (exact) mass is 409 g/mol.